The number of rotatable bonds is 9. The summed E-state index contributed by atoms with van der Waals surface area (Å²) in [6.07, 6.45) is 0. The Balaban J connectivity index is 1.61. The van der Waals surface area contributed by atoms with Crippen LogP contribution >= 0.6 is 27.7 Å². The van der Waals surface area contributed by atoms with E-state index in [1.165, 1.54) is 45.2 Å². The average molecular weight is 505 g/mol. The van der Waals surface area contributed by atoms with Crippen LogP contribution in [0, 0.1) is 0 Å². The molecular formula is C23H21BrO6S. The van der Waals surface area contributed by atoms with E-state index in [2.05, 4.69) is 15.9 Å². The van der Waals surface area contributed by atoms with Crippen LogP contribution in [-0.2, 0) is 9.53 Å². The molecule has 0 heterocycles. The highest BCUT2D eigenvalue weighted by Crippen LogP contribution is 2.38. The van der Waals surface area contributed by atoms with E-state index in [1.807, 2.05) is 36.4 Å². The molecule has 0 bridgehead atoms. The number of esters is 1. The summed E-state index contributed by atoms with van der Waals surface area (Å²) in [5, 5.41) is 2.18. The summed E-state index contributed by atoms with van der Waals surface area (Å²) < 4.78 is 21.9. The van der Waals surface area contributed by atoms with Crippen molar-refractivity contribution in [1.29, 1.82) is 0 Å². The number of hydrogen-bond acceptors (Lipinski definition) is 7. The Morgan fingerprint density at radius 1 is 0.935 bits per heavy atom. The van der Waals surface area contributed by atoms with Gasteiger partial charge in [0.25, 0.3) is 0 Å². The van der Waals surface area contributed by atoms with Crippen LogP contribution in [0.15, 0.2) is 57.9 Å². The van der Waals surface area contributed by atoms with E-state index < -0.39 is 5.97 Å². The van der Waals surface area contributed by atoms with Gasteiger partial charge in [-0.15, -0.1) is 11.8 Å². The molecule has 0 radical (unpaired) electrons. The van der Waals surface area contributed by atoms with Gasteiger partial charge in [0.1, 0.15) is 0 Å². The SMILES string of the molecule is COc1cc(C(=O)COC(=O)CSc2ccc3ccccc3c2Br)cc(OC)c1OC. The lowest BCUT2D eigenvalue weighted by atomic mass is 10.1. The molecule has 0 fully saturated rings. The number of ketones is 1. The van der Waals surface area contributed by atoms with Crippen LogP contribution in [0.4, 0.5) is 0 Å². The summed E-state index contributed by atoms with van der Waals surface area (Å²) in [4.78, 5) is 25.6. The maximum atomic E-state index is 12.5. The summed E-state index contributed by atoms with van der Waals surface area (Å²) in [5.41, 5.74) is 0.298. The van der Waals surface area contributed by atoms with Crippen LogP contribution < -0.4 is 14.2 Å². The van der Waals surface area contributed by atoms with Gasteiger partial charge in [0.05, 0.1) is 27.1 Å². The molecule has 0 aliphatic rings. The minimum atomic E-state index is -0.481. The molecule has 3 aromatic carbocycles. The fraction of sp³-hybridized carbons (Fsp3) is 0.217. The maximum absolute atomic E-state index is 12.5. The van der Waals surface area contributed by atoms with Gasteiger partial charge in [-0.05, 0) is 44.9 Å². The maximum Gasteiger partial charge on any atom is 0.316 e. The Kier molecular flexibility index (Phi) is 7.81. The Hall–Kier alpha value is -2.71. The Morgan fingerprint density at radius 3 is 2.26 bits per heavy atom. The number of ether oxygens (including phenoxy) is 4. The van der Waals surface area contributed by atoms with Gasteiger partial charge in [0.15, 0.2) is 18.1 Å². The normalized spacial score (nSPS) is 10.6. The second-order valence-corrected chi connectivity index (χ2v) is 8.20. The molecule has 8 heteroatoms. The first kappa shape index (κ1) is 23.0. The van der Waals surface area contributed by atoms with Crippen LogP contribution in [0.5, 0.6) is 17.2 Å². The van der Waals surface area contributed by atoms with Gasteiger partial charge < -0.3 is 18.9 Å². The number of fused-ring (bicyclic) bond motifs is 1. The van der Waals surface area contributed by atoms with Gasteiger partial charge >= 0.3 is 5.97 Å². The van der Waals surface area contributed by atoms with Crippen molar-refractivity contribution in [2.45, 2.75) is 4.90 Å². The topological polar surface area (TPSA) is 71.1 Å². The van der Waals surface area contributed by atoms with Gasteiger partial charge in [0.2, 0.25) is 11.5 Å². The molecule has 0 N–H and O–H groups in total. The molecule has 0 aromatic heterocycles. The van der Waals surface area contributed by atoms with E-state index in [-0.39, 0.29) is 18.1 Å². The number of Topliss-reactive ketones (excluding diaryl/α,β-unsaturated/α-hetero) is 1. The number of methoxy groups -OCH3 is 3. The predicted octanol–water partition coefficient (Wildman–Crippen LogP) is 5.15. The third-order valence-electron chi connectivity index (χ3n) is 4.52. The summed E-state index contributed by atoms with van der Waals surface area (Å²) in [5.74, 6) is 0.326. The van der Waals surface area contributed by atoms with Gasteiger partial charge in [-0.25, -0.2) is 0 Å². The van der Waals surface area contributed by atoms with Crippen molar-refractivity contribution in [1.82, 2.24) is 0 Å². The van der Waals surface area contributed by atoms with Crippen molar-refractivity contribution in [3.8, 4) is 17.2 Å². The van der Waals surface area contributed by atoms with E-state index in [1.54, 1.807) is 0 Å². The average Bonchev–Trinajstić information content (AvgIpc) is 2.81. The highest BCUT2D eigenvalue weighted by atomic mass is 79.9. The minimum absolute atomic E-state index is 0.0828. The predicted molar refractivity (Wildman–Crippen MR) is 124 cm³/mol. The third kappa shape index (κ3) is 5.32. The molecule has 0 atom stereocenters. The van der Waals surface area contributed by atoms with E-state index >= 15 is 0 Å². The molecule has 3 rings (SSSR count). The molecule has 0 amide bonds. The third-order valence-corrected chi connectivity index (χ3v) is 6.67. The Morgan fingerprint density at radius 2 is 1.61 bits per heavy atom. The van der Waals surface area contributed by atoms with Crippen molar-refractivity contribution in [3.05, 3.63) is 58.6 Å². The molecule has 31 heavy (non-hydrogen) atoms. The van der Waals surface area contributed by atoms with E-state index in [0.29, 0.717) is 22.8 Å². The summed E-state index contributed by atoms with van der Waals surface area (Å²) >= 11 is 4.95. The molecule has 0 saturated heterocycles. The highest BCUT2D eigenvalue weighted by molar-refractivity contribution is 9.10. The minimum Gasteiger partial charge on any atom is -0.493 e. The summed E-state index contributed by atoms with van der Waals surface area (Å²) in [6, 6.07) is 15.0. The van der Waals surface area contributed by atoms with E-state index in [9.17, 15) is 9.59 Å². The second kappa shape index (κ2) is 10.5. The lowest BCUT2D eigenvalue weighted by molar-refractivity contribution is -0.139. The van der Waals surface area contributed by atoms with Crippen molar-refractivity contribution in [2.75, 3.05) is 33.7 Å². The number of carbonyl (C=O) groups excluding carboxylic acids is 2. The van der Waals surface area contributed by atoms with E-state index in [0.717, 1.165) is 20.1 Å². The van der Waals surface area contributed by atoms with Crippen LogP contribution in [0.25, 0.3) is 10.8 Å². The number of thioether (sulfide) groups is 1. The lowest BCUT2D eigenvalue weighted by Gasteiger charge is -2.13. The first-order valence-electron chi connectivity index (χ1n) is 9.27. The zero-order chi connectivity index (χ0) is 22.4. The van der Waals surface area contributed by atoms with Gasteiger partial charge in [-0.3, -0.25) is 9.59 Å². The molecule has 3 aromatic rings. The van der Waals surface area contributed by atoms with Crippen molar-refractivity contribution in [2.24, 2.45) is 0 Å². The summed E-state index contributed by atoms with van der Waals surface area (Å²) in [6.45, 7) is -0.378. The standard InChI is InChI=1S/C23H21BrO6S/c1-27-18-10-15(11-19(28-2)23(18)29-3)17(25)12-30-21(26)13-31-20-9-8-14-6-4-5-7-16(14)22(20)24/h4-11H,12-13H2,1-3H3. The first-order valence-corrected chi connectivity index (χ1v) is 11.0. The number of hydrogen-bond donors (Lipinski definition) is 0. The zero-order valence-corrected chi connectivity index (χ0v) is 19.7. The number of halogens is 1. The first-order chi connectivity index (χ1) is 15.0. The largest absolute Gasteiger partial charge is 0.493 e. The van der Waals surface area contributed by atoms with Crippen LogP contribution in [0.3, 0.4) is 0 Å². The quantitative estimate of drug-likeness (QED) is 0.226. The van der Waals surface area contributed by atoms with Crippen molar-refractivity contribution < 1.29 is 28.5 Å². The van der Waals surface area contributed by atoms with E-state index in [4.69, 9.17) is 18.9 Å². The monoisotopic (exact) mass is 504 g/mol. The number of benzene rings is 3. The molecule has 0 saturated carbocycles. The van der Waals surface area contributed by atoms with Gasteiger partial charge in [-0.2, -0.15) is 0 Å². The molecule has 6 nitrogen and oxygen atoms in total. The molecule has 0 unspecified atom stereocenters. The number of carbonyl (C=O) groups is 2. The molecule has 0 aliphatic carbocycles. The van der Waals surface area contributed by atoms with Gasteiger partial charge in [-0.1, -0.05) is 30.3 Å². The fourth-order valence-electron chi connectivity index (χ4n) is 2.97. The second-order valence-electron chi connectivity index (χ2n) is 6.39. The fourth-order valence-corrected chi connectivity index (χ4v) is 4.57. The molecular weight excluding hydrogens is 484 g/mol. The Bertz CT molecular complexity index is 1090. The van der Waals surface area contributed by atoms with Crippen LogP contribution in [-0.4, -0.2) is 45.4 Å². The Labute approximate surface area is 192 Å². The van der Waals surface area contributed by atoms with Crippen molar-refractivity contribution in [3.63, 3.8) is 0 Å². The summed E-state index contributed by atoms with van der Waals surface area (Å²) in [7, 11) is 4.41. The zero-order valence-electron chi connectivity index (χ0n) is 17.3. The smallest absolute Gasteiger partial charge is 0.316 e. The molecule has 0 aliphatic heterocycles. The van der Waals surface area contributed by atoms with Gasteiger partial charge in [0, 0.05) is 14.9 Å². The van der Waals surface area contributed by atoms with Crippen LogP contribution in [0.1, 0.15) is 10.4 Å². The van der Waals surface area contributed by atoms with Crippen molar-refractivity contribution >= 4 is 50.2 Å². The van der Waals surface area contributed by atoms with Crippen LogP contribution in [0.2, 0.25) is 0 Å². The molecule has 0 spiro atoms. The lowest BCUT2D eigenvalue weighted by Crippen LogP contribution is -2.16. The molecule has 162 valence electrons. The highest BCUT2D eigenvalue weighted by Gasteiger charge is 2.18.